The molecule has 2 aliphatic heterocycles. The normalized spacial score (nSPS) is 19.9. The summed E-state index contributed by atoms with van der Waals surface area (Å²) in [6.07, 6.45) is 3.14. The van der Waals surface area contributed by atoms with Crippen molar-refractivity contribution < 1.29 is 19.1 Å². The number of benzene rings is 1. The number of carbonyl (C=O) groups excluding carboxylic acids is 3. The van der Waals surface area contributed by atoms with Crippen LogP contribution in [-0.2, 0) is 11.3 Å². The lowest BCUT2D eigenvalue weighted by Gasteiger charge is -2.26. The SMILES string of the molecule is COc1ccc2c(c1Cl)C(=O)N(C[C@@]1(C#Cc3cccnc3)NC(=O)NC1=O)C2. The van der Waals surface area contributed by atoms with E-state index < -0.39 is 17.5 Å². The molecule has 2 aliphatic rings. The molecule has 0 aliphatic carbocycles. The van der Waals surface area contributed by atoms with Crippen LogP contribution in [0.3, 0.4) is 0 Å². The number of nitrogens with zero attached hydrogens (tertiary/aromatic N) is 2. The number of imide groups is 1. The third-order valence-electron chi connectivity index (χ3n) is 4.73. The lowest BCUT2D eigenvalue weighted by molar-refractivity contribution is -0.122. The van der Waals surface area contributed by atoms with E-state index in [4.69, 9.17) is 16.3 Å². The zero-order chi connectivity index (χ0) is 20.6. The Morgan fingerprint density at radius 1 is 1.31 bits per heavy atom. The molecule has 1 saturated heterocycles. The van der Waals surface area contributed by atoms with E-state index >= 15 is 0 Å². The third kappa shape index (κ3) is 3.26. The highest BCUT2D eigenvalue weighted by molar-refractivity contribution is 6.35. The first-order chi connectivity index (χ1) is 13.9. The number of amides is 4. The Morgan fingerprint density at radius 2 is 2.14 bits per heavy atom. The van der Waals surface area contributed by atoms with E-state index in [9.17, 15) is 14.4 Å². The average molecular weight is 411 g/mol. The second-order valence-corrected chi connectivity index (χ2v) is 6.96. The number of rotatable bonds is 3. The van der Waals surface area contributed by atoms with Gasteiger partial charge in [0.2, 0.25) is 5.54 Å². The van der Waals surface area contributed by atoms with E-state index in [0.717, 1.165) is 0 Å². The van der Waals surface area contributed by atoms with Crippen molar-refractivity contribution >= 4 is 29.4 Å². The van der Waals surface area contributed by atoms with Gasteiger partial charge in [-0.15, -0.1) is 0 Å². The molecule has 9 heteroatoms. The topological polar surface area (TPSA) is 101 Å². The zero-order valence-corrected chi connectivity index (χ0v) is 16.0. The predicted molar refractivity (Wildman–Crippen MR) is 103 cm³/mol. The van der Waals surface area contributed by atoms with Gasteiger partial charge in [0.05, 0.1) is 24.2 Å². The molecular formula is C20H15ClN4O4. The maximum atomic E-state index is 13.0. The lowest BCUT2D eigenvalue weighted by atomic mass is 9.99. The van der Waals surface area contributed by atoms with Gasteiger partial charge in [-0.05, 0) is 23.8 Å². The van der Waals surface area contributed by atoms with Gasteiger partial charge >= 0.3 is 6.03 Å². The van der Waals surface area contributed by atoms with Gasteiger partial charge in [0.25, 0.3) is 11.8 Å². The Bertz CT molecular complexity index is 1090. The Balaban J connectivity index is 1.67. The fraction of sp³-hybridized carbons (Fsp3) is 0.200. The Kier molecular flexibility index (Phi) is 4.60. The van der Waals surface area contributed by atoms with Crippen molar-refractivity contribution in [1.29, 1.82) is 0 Å². The maximum absolute atomic E-state index is 13.0. The summed E-state index contributed by atoms with van der Waals surface area (Å²) in [5.74, 6) is 5.07. The Morgan fingerprint density at radius 3 is 2.79 bits per heavy atom. The van der Waals surface area contributed by atoms with Crippen molar-refractivity contribution in [3.8, 4) is 17.6 Å². The number of nitrogens with one attached hydrogen (secondary N) is 2. The number of hydrogen-bond acceptors (Lipinski definition) is 5. The van der Waals surface area contributed by atoms with E-state index in [2.05, 4.69) is 27.5 Å². The number of carbonyl (C=O) groups is 3. The second kappa shape index (κ2) is 7.11. The number of methoxy groups -OCH3 is 1. The van der Waals surface area contributed by atoms with Crippen LogP contribution in [0.4, 0.5) is 4.79 Å². The predicted octanol–water partition coefficient (Wildman–Crippen LogP) is 1.33. The monoisotopic (exact) mass is 410 g/mol. The second-order valence-electron chi connectivity index (χ2n) is 6.58. The molecule has 1 aromatic heterocycles. The first kappa shape index (κ1) is 18.8. The Labute approximate surface area is 171 Å². The van der Waals surface area contributed by atoms with Gasteiger partial charge in [-0.1, -0.05) is 29.5 Å². The van der Waals surface area contributed by atoms with Crippen molar-refractivity contribution in [2.24, 2.45) is 0 Å². The van der Waals surface area contributed by atoms with Gasteiger partial charge in [-0.25, -0.2) is 4.79 Å². The molecule has 1 aromatic carbocycles. The maximum Gasteiger partial charge on any atom is 0.323 e. The van der Waals surface area contributed by atoms with E-state index in [1.165, 1.54) is 18.2 Å². The molecule has 0 bridgehead atoms. The van der Waals surface area contributed by atoms with E-state index in [-0.39, 0.29) is 24.0 Å². The van der Waals surface area contributed by atoms with Crippen molar-refractivity contribution in [2.45, 2.75) is 12.1 Å². The fourth-order valence-corrected chi connectivity index (χ4v) is 3.66. The van der Waals surface area contributed by atoms with Gasteiger partial charge in [0.15, 0.2) is 0 Å². The van der Waals surface area contributed by atoms with Crippen LogP contribution in [-0.4, -0.2) is 46.9 Å². The molecule has 1 fully saturated rings. The average Bonchev–Trinajstić information content (AvgIpc) is 3.17. The molecule has 0 spiro atoms. The van der Waals surface area contributed by atoms with Crippen LogP contribution in [0.15, 0.2) is 36.7 Å². The fourth-order valence-electron chi connectivity index (χ4n) is 3.31. The van der Waals surface area contributed by atoms with Crippen LogP contribution >= 0.6 is 11.6 Å². The van der Waals surface area contributed by atoms with Crippen LogP contribution in [0.1, 0.15) is 21.5 Å². The van der Waals surface area contributed by atoms with Gasteiger partial charge in [0, 0.05) is 24.5 Å². The number of halogens is 1. The minimum absolute atomic E-state index is 0.135. The van der Waals surface area contributed by atoms with Crippen molar-refractivity contribution in [1.82, 2.24) is 20.5 Å². The van der Waals surface area contributed by atoms with E-state index in [0.29, 0.717) is 22.4 Å². The minimum Gasteiger partial charge on any atom is -0.495 e. The molecule has 3 heterocycles. The molecule has 8 nitrogen and oxygen atoms in total. The molecule has 1 atom stereocenters. The molecule has 2 N–H and O–H groups in total. The standard InChI is InChI=1S/C20H15ClN4O4/c1-29-14-5-4-13-10-25(17(26)15(13)16(14)21)11-20(18(27)23-19(28)24-20)7-6-12-3-2-8-22-9-12/h2-5,8-9H,10-11H2,1H3,(H2,23,24,27,28)/t20-/m1/s1. The Hall–Kier alpha value is -3.57. The number of aromatic nitrogens is 1. The number of hydrogen-bond donors (Lipinski definition) is 2. The molecule has 4 amide bonds. The van der Waals surface area contributed by atoms with Gasteiger partial charge in [-0.2, -0.15) is 0 Å². The van der Waals surface area contributed by atoms with E-state index in [1.807, 2.05) is 0 Å². The van der Waals surface area contributed by atoms with Gasteiger partial charge < -0.3 is 15.0 Å². The lowest BCUT2D eigenvalue weighted by Crippen LogP contribution is -2.54. The molecule has 29 heavy (non-hydrogen) atoms. The summed E-state index contributed by atoms with van der Waals surface area (Å²) in [4.78, 5) is 42.8. The summed E-state index contributed by atoms with van der Waals surface area (Å²) in [6, 6.07) is 6.20. The van der Waals surface area contributed by atoms with Gasteiger partial charge in [0.1, 0.15) is 5.75 Å². The zero-order valence-electron chi connectivity index (χ0n) is 15.3. The molecule has 0 radical (unpaired) electrons. The van der Waals surface area contributed by atoms with Crippen LogP contribution in [0.2, 0.25) is 5.02 Å². The van der Waals surface area contributed by atoms with Crippen LogP contribution in [0.5, 0.6) is 5.75 Å². The first-order valence-corrected chi connectivity index (χ1v) is 9.03. The molecule has 0 unspecified atom stereocenters. The number of pyridine rings is 1. The van der Waals surface area contributed by atoms with Crippen LogP contribution in [0, 0.1) is 11.8 Å². The summed E-state index contributed by atoms with van der Waals surface area (Å²) >= 11 is 6.30. The van der Waals surface area contributed by atoms with Crippen LogP contribution < -0.4 is 15.4 Å². The number of urea groups is 1. The van der Waals surface area contributed by atoms with Crippen molar-refractivity contribution in [2.75, 3.05) is 13.7 Å². The highest BCUT2D eigenvalue weighted by Crippen LogP contribution is 2.36. The summed E-state index contributed by atoms with van der Waals surface area (Å²) in [7, 11) is 1.46. The molecule has 0 saturated carbocycles. The molecule has 146 valence electrons. The van der Waals surface area contributed by atoms with E-state index in [1.54, 1.807) is 30.5 Å². The third-order valence-corrected chi connectivity index (χ3v) is 5.10. The van der Waals surface area contributed by atoms with Crippen molar-refractivity contribution in [3.63, 3.8) is 0 Å². The summed E-state index contributed by atoms with van der Waals surface area (Å²) in [6.45, 7) is 0.0986. The highest BCUT2D eigenvalue weighted by Gasteiger charge is 2.48. The number of ether oxygens (including phenoxy) is 1. The largest absolute Gasteiger partial charge is 0.495 e. The first-order valence-electron chi connectivity index (χ1n) is 8.65. The van der Waals surface area contributed by atoms with Crippen molar-refractivity contribution in [3.05, 3.63) is 58.4 Å². The molecular weight excluding hydrogens is 396 g/mol. The quantitative estimate of drug-likeness (QED) is 0.587. The van der Waals surface area contributed by atoms with Crippen LogP contribution in [0.25, 0.3) is 0 Å². The summed E-state index contributed by atoms with van der Waals surface area (Å²) < 4.78 is 5.17. The van der Waals surface area contributed by atoms with Gasteiger partial charge in [-0.3, -0.25) is 19.9 Å². The summed E-state index contributed by atoms with van der Waals surface area (Å²) in [5.41, 5.74) is 0.0259. The summed E-state index contributed by atoms with van der Waals surface area (Å²) in [5, 5.41) is 4.96. The molecule has 4 rings (SSSR count). The smallest absolute Gasteiger partial charge is 0.323 e. The minimum atomic E-state index is -1.58. The number of fused-ring (bicyclic) bond motifs is 1. The highest BCUT2D eigenvalue weighted by atomic mass is 35.5. The molecule has 2 aromatic rings.